The van der Waals surface area contributed by atoms with E-state index in [9.17, 15) is 22.8 Å². The van der Waals surface area contributed by atoms with Gasteiger partial charge in [-0.3, -0.25) is 14.2 Å². The van der Waals surface area contributed by atoms with Gasteiger partial charge in [0.1, 0.15) is 0 Å². The van der Waals surface area contributed by atoms with Gasteiger partial charge >= 0.3 is 6.18 Å². The largest absolute Gasteiger partial charge is 0.416 e. The highest BCUT2D eigenvalue weighted by Gasteiger charge is 2.30. The number of carbonyl (C=O) groups is 1. The number of hydrogen-bond acceptors (Lipinski definition) is 3. The predicted octanol–water partition coefficient (Wildman–Crippen LogP) is 1.92. The van der Waals surface area contributed by atoms with Gasteiger partial charge in [0, 0.05) is 24.6 Å². The average molecular weight is 311 g/mol. The van der Waals surface area contributed by atoms with Crippen LogP contribution in [0.5, 0.6) is 0 Å². The summed E-state index contributed by atoms with van der Waals surface area (Å²) in [5.74, 6) is -0.703. The average Bonchev–Trinajstić information content (AvgIpc) is 2.46. The number of aryl methyl sites for hydroxylation is 1. The van der Waals surface area contributed by atoms with E-state index in [1.807, 2.05) is 0 Å². The zero-order valence-electron chi connectivity index (χ0n) is 11.7. The molecule has 2 rings (SSSR count). The van der Waals surface area contributed by atoms with Crippen molar-refractivity contribution in [1.82, 2.24) is 14.9 Å². The minimum absolute atomic E-state index is 0.0184. The number of benzene rings is 1. The summed E-state index contributed by atoms with van der Waals surface area (Å²) in [5, 5.41) is 2.26. The Morgan fingerprint density at radius 1 is 1.32 bits per heavy atom. The van der Waals surface area contributed by atoms with E-state index >= 15 is 0 Å². The Hall–Kier alpha value is -2.64. The number of nitrogens with one attached hydrogen (secondary N) is 1. The van der Waals surface area contributed by atoms with Crippen molar-refractivity contribution in [3.8, 4) is 5.69 Å². The molecule has 0 aliphatic carbocycles. The van der Waals surface area contributed by atoms with E-state index in [0.717, 1.165) is 16.7 Å². The van der Waals surface area contributed by atoms with Gasteiger partial charge < -0.3 is 5.32 Å². The fourth-order valence-electron chi connectivity index (χ4n) is 1.95. The number of nitrogens with zero attached hydrogens (tertiary/aromatic N) is 2. The van der Waals surface area contributed by atoms with E-state index in [1.165, 1.54) is 32.3 Å². The first-order valence-corrected chi connectivity index (χ1v) is 6.24. The van der Waals surface area contributed by atoms with Crippen LogP contribution in [0.4, 0.5) is 13.2 Å². The van der Waals surface area contributed by atoms with Gasteiger partial charge in [-0.05, 0) is 25.1 Å². The molecule has 1 aromatic carbocycles. The highest BCUT2D eigenvalue weighted by Crippen LogP contribution is 2.30. The van der Waals surface area contributed by atoms with Crippen molar-refractivity contribution < 1.29 is 18.0 Å². The van der Waals surface area contributed by atoms with E-state index < -0.39 is 23.2 Å². The monoisotopic (exact) mass is 311 g/mol. The quantitative estimate of drug-likeness (QED) is 0.921. The molecule has 0 bridgehead atoms. The van der Waals surface area contributed by atoms with Crippen LogP contribution in [-0.4, -0.2) is 22.5 Å². The van der Waals surface area contributed by atoms with Crippen LogP contribution in [0.25, 0.3) is 5.69 Å². The first kappa shape index (κ1) is 15.7. The molecule has 116 valence electrons. The maximum atomic E-state index is 12.8. The van der Waals surface area contributed by atoms with E-state index in [0.29, 0.717) is 5.69 Å². The first-order valence-electron chi connectivity index (χ1n) is 6.24. The van der Waals surface area contributed by atoms with Crippen molar-refractivity contribution in [3.63, 3.8) is 0 Å². The van der Waals surface area contributed by atoms with Crippen LogP contribution in [0.15, 0.2) is 35.3 Å². The third kappa shape index (κ3) is 2.85. The van der Waals surface area contributed by atoms with Crippen LogP contribution in [-0.2, 0) is 6.18 Å². The summed E-state index contributed by atoms with van der Waals surface area (Å²) in [6.45, 7) is 1.52. The Bertz CT molecular complexity index is 782. The van der Waals surface area contributed by atoms with Gasteiger partial charge in [-0.15, -0.1) is 0 Å². The Morgan fingerprint density at radius 2 is 2.00 bits per heavy atom. The molecule has 2 aromatic rings. The van der Waals surface area contributed by atoms with Gasteiger partial charge in [0.05, 0.1) is 5.56 Å². The zero-order valence-corrected chi connectivity index (χ0v) is 11.7. The van der Waals surface area contributed by atoms with Gasteiger partial charge in [-0.25, -0.2) is 4.98 Å². The minimum Gasteiger partial charge on any atom is -0.354 e. The Balaban J connectivity index is 2.68. The van der Waals surface area contributed by atoms with Gasteiger partial charge in [-0.2, -0.15) is 13.2 Å². The van der Waals surface area contributed by atoms with Gasteiger partial charge in [-0.1, -0.05) is 6.07 Å². The molecule has 5 nitrogen and oxygen atoms in total. The number of carbonyl (C=O) groups excluding carboxylic acids is 1. The van der Waals surface area contributed by atoms with Crippen LogP contribution >= 0.6 is 0 Å². The molecule has 1 amide bonds. The Morgan fingerprint density at radius 3 is 2.59 bits per heavy atom. The molecule has 0 fully saturated rings. The summed E-state index contributed by atoms with van der Waals surface area (Å²) in [7, 11) is 1.33. The van der Waals surface area contributed by atoms with E-state index in [-0.39, 0.29) is 11.4 Å². The topological polar surface area (TPSA) is 64.0 Å². The van der Waals surface area contributed by atoms with Crippen molar-refractivity contribution in [2.24, 2.45) is 0 Å². The number of amides is 1. The molecule has 0 radical (unpaired) electrons. The predicted molar refractivity (Wildman–Crippen MR) is 73.0 cm³/mol. The number of alkyl halides is 3. The van der Waals surface area contributed by atoms with Crippen molar-refractivity contribution in [1.29, 1.82) is 0 Å². The molecule has 0 saturated carbocycles. The fraction of sp³-hybridized carbons (Fsp3) is 0.214. The molecule has 1 N–H and O–H groups in total. The second kappa shape index (κ2) is 5.63. The van der Waals surface area contributed by atoms with Gasteiger partial charge in [0.2, 0.25) is 0 Å². The molecule has 1 aromatic heterocycles. The summed E-state index contributed by atoms with van der Waals surface area (Å²) < 4.78 is 39.4. The lowest BCUT2D eigenvalue weighted by atomic mass is 10.2. The standard InChI is InChI=1S/C14H12F3N3O2/c1-8-7-19-11(12(21)18-2)13(22)20(8)10-5-3-4-9(6-10)14(15,16)17/h3-7H,1-2H3,(H,18,21). The number of aromatic nitrogens is 2. The summed E-state index contributed by atoms with van der Waals surface area (Å²) in [6.07, 6.45) is -3.27. The smallest absolute Gasteiger partial charge is 0.354 e. The maximum absolute atomic E-state index is 12.8. The summed E-state index contributed by atoms with van der Waals surface area (Å²) in [5.41, 5.74) is -1.71. The summed E-state index contributed by atoms with van der Waals surface area (Å²) >= 11 is 0. The molecule has 1 heterocycles. The molecule has 0 aliphatic rings. The molecule has 0 aliphatic heterocycles. The molecule has 22 heavy (non-hydrogen) atoms. The number of halogens is 3. The Kier molecular flexibility index (Phi) is 4.03. The Labute approximate surface area is 123 Å². The fourth-order valence-corrected chi connectivity index (χ4v) is 1.95. The summed E-state index contributed by atoms with van der Waals surface area (Å²) in [6, 6.07) is 4.31. The molecular formula is C14H12F3N3O2. The van der Waals surface area contributed by atoms with Gasteiger partial charge in [0.25, 0.3) is 11.5 Å². The zero-order chi connectivity index (χ0) is 16.5. The van der Waals surface area contributed by atoms with Crippen LogP contribution in [0, 0.1) is 6.92 Å². The lowest BCUT2D eigenvalue weighted by Gasteiger charge is -2.13. The molecule has 0 atom stereocenters. The second-order valence-corrected chi connectivity index (χ2v) is 4.52. The van der Waals surface area contributed by atoms with E-state index in [4.69, 9.17) is 0 Å². The number of rotatable bonds is 2. The van der Waals surface area contributed by atoms with Crippen molar-refractivity contribution in [2.45, 2.75) is 13.1 Å². The molecule has 0 spiro atoms. The third-order valence-electron chi connectivity index (χ3n) is 3.01. The normalized spacial score (nSPS) is 11.3. The van der Waals surface area contributed by atoms with Crippen LogP contribution in [0.2, 0.25) is 0 Å². The highest BCUT2D eigenvalue weighted by atomic mass is 19.4. The summed E-state index contributed by atoms with van der Waals surface area (Å²) in [4.78, 5) is 27.6. The third-order valence-corrected chi connectivity index (χ3v) is 3.01. The SMILES string of the molecule is CNC(=O)c1ncc(C)n(-c2cccc(C(F)(F)F)c2)c1=O. The van der Waals surface area contributed by atoms with Gasteiger partial charge in [0.15, 0.2) is 5.69 Å². The van der Waals surface area contributed by atoms with Crippen molar-refractivity contribution >= 4 is 5.91 Å². The second-order valence-electron chi connectivity index (χ2n) is 4.52. The van der Waals surface area contributed by atoms with Crippen LogP contribution in [0.1, 0.15) is 21.7 Å². The molecule has 8 heteroatoms. The highest BCUT2D eigenvalue weighted by molar-refractivity contribution is 5.91. The molecular weight excluding hydrogens is 299 g/mol. The van der Waals surface area contributed by atoms with E-state index in [1.54, 1.807) is 0 Å². The number of hydrogen-bond donors (Lipinski definition) is 1. The van der Waals surface area contributed by atoms with Crippen molar-refractivity contribution in [3.05, 3.63) is 57.8 Å². The van der Waals surface area contributed by atoms with Crippen molar-refractivity contribution in [2.75, 3.05) is 7.05 Å². The lowest BCUT2D eigenvalue weighted by molar-refractivity contribution is -0.137. The van der Waals surface area contributed by atoms with Crippen LogP contribution < -0.4 is 10.9 Å². The molecule has 0 saturated heterocycles. The van der Waals surface area contributed by atoms with Crippen LogP contribution in [0.3, 0.4) is 0 Å². The lowest BCUT2D eigenvalue weighted by Crippen LogP contribution is -2.33. The molecule has 0 unspecified atom stereocenters. The first-order chi connectivity index (χ1) is 10.3. The minimum atomic E-state index is -4.52. The van der Waals surface area contributed by atoms with E-state index in [2.05, 4.69) is 10.3 Å². The maximum Gasteiger partial charge on any atom is 0.416 e.